The van der Waals surface area contributed by atoms with E-state index >= 15 is 0 Å². The van der Waals surface area contributed by atoms with Gasteiger partial charge in [-0.3, -0.25) is 8.77 Å². The van der Waals surface area contributed by atoms with Crippen LogP contribution in [0.5, 0.6) is 5.75 Å². The predicted molar refractivity (Wildman–Crippen MR) is 85.0 cm³/mol. The molecular weight excluding hydrogens is 336 g/mol. The summed E-state index contributed by atoms with van der Waals surface area (Å²) in [6.07, 6.45) is 3.12. The third kappa shape index (κ3) is 4.15. The smallest absolute Gasteiger partial charge is 0.323 e. The van der Waals surface area contributed by atoms with E-state index in [4.69, 9.17) is 27.9 Å². The van der Waals surface area contributed by atoms with Gasteiger partial charge in [0, 0.05) is 35.5 Å². The molecule has 0 N–H and O–H groups in total. The fourth-order valence-corrected chi connectivity index (χ4v) is 2.92. The van der Waals surface area contributed by atoms with E-state index < -0.39 is 3.92 Å². The van der Waals surface area contributed by atoms with Crippen molar-refractivity contribution in [3.63, 3.8) is 0 Å². The lowest BCUT2D eigenvalue weighted by Gasteiger charge is -2.07. The quantitative estimate of drug-likeness (QED) is 0.568. The van der Waals surface area contributed by atoms with E-state index in [1.165, 1.54) is 17.1 Å². The van der Waals surface area contributed by atoms with Crippen LogP contribution >= 0.6 is 35.1 Å². The monoisotopic (exact) mass is 347 g/mol. The van der Waals surface area contributed by atoms with Crippen molar-refractivity contribution in [2.75, 3.05) is 7.11 Å². The first kappa shape index (κ1) is 16.2. The van der Waals surface area contributed by atoms with E-state index in [2.05, 4.69) is 0 Å². The second-order valence-electron chi connectivity index (χ2n) is 4.27. The minimum atomic E-state index is -2.47. The van der Waals surface area contributed by atoms with Gasteiger partial charge < -0.3 is 4.74 Å². The van der Waals surface area contributed by atoms with Crippen molar-refractivity contribution in [1.82, 2.24) is 3.97 Å². The zero-order valence-corrected chi connectivity index (χ0v) is 13.6. The maximum absolute atomic E-state index is 13.3. The van der Waals surface area contributed by atoms with Crippen molar-refractivity contribution in [2.45, 2.75) is 10.8 Å². The number of methoxy groups -OCH3 is 1. The van der Waals surface area contributed by atoms with Crippen LogP contribution < -0.4 is 4.74 Å². The normalized spacial score (nSPS) is 11.5. The van der Waals surface area contributed by atoms with Crippen molar-refractivity contribution in [3.8, 4) is 16.9 Å². The fraction of sp³-hybridized carbons (Fsp3) is 0.214. The van der Waals surface area contributed by atoms with Gasteiger partial charge in [-0.05, 0) is 24.6 Å². The molecule has 0 radical (unpaired) electrons. The molecule has 1 heterocycles. The van der Waals surface area contributed by atoms with Crippen LogP contribution in [-0.2, 0) is 0 Å². The Bertz CT molecular complexity index is 650. The summed E-state index contributed by atoms with van der Waals surface area (Å²) in [6, 6.07) is 7.21. The minimum absolute atomic E-state index is 0.131. The van der Waals surface area contributed by atoms with E-state index in [0.29, 0.717) is 28.8 Å². The van der Waals surface area contributed by atoms with E-state index in [9.17, 15) is 9.18 Å². The maximum Gasteiger partial charge on any atom is 0.323 e. The molecule has 0 saturated heterocycles. The minimum Gasteiger partial charge on any atom is -0.497 e. The second-order valence-corrected chi connectivity index (χ2v) is 7.12. The Labute approximate surface area is 136 Å². The van der Waals surface area contributed by atoms with Gasteiger partial charge in [-0.1, -0.05) is 35.3 Å². The Morgan fingerprint density at radius 1 is 1.29 bits per heavy atom. The first-order chi connectivity index (χ1) is 9.80. The highest BCUT2D eigenvalue weighted by molar-refractivity contribution is 8.01. The van der Waals surface area contributed by atoms with Crippen LogP contribution in [0.3, 0.4) is 0 Å². The molecule has 0 saturated carbocycles. The Hall–Kier alpha value is -1.17. The standard InChI is InChI=1S/C14H12Cl2FNO2S/c1-9(19)12-7-18(21-14(15,16)17)8-13(12)10-3-5-11(20-2)6-4-10/h3-8H,1-2H3. The Morgan fingerprint density at radius 2 is 1.90 bits per heavy atom. The van der Waals surface area contributed by atoms with Crippen LogP contribution in [0.2, 0.25) is 0 Å². The lowest BCUT2D eigenvalue weighted by molar-refractivity contribution is 0.101. The summed E-state index contributed by atoms with van der Waals surface area (Å²) >= 11 is 11.2. The van der Waals surface area contributed by atoms with Gasteiger partial charge in [-0.2, -0.15) is 4.39 Å². The zero-order chi connectivity index (χ0) is 15.6. The lowest BCUT2D eigenvalue weighted by Crippen LogP contribution is -2.00. The van der Waals surface area contributed by atoms with Gasteiger partial charge in [0.25, 0.3) is 0 Å². The number of hydrogen-bond acceptors (Lipinski definition) is 3. The van der Waals surface area contributed by atoms with Crippen LogP contribution in [-0.4, -0.2) is 20.8 Å². The molecule has 112 valence electrons. The SMILES string of the molecule is COc1ccc(-c2cn(SC(F)(Cl)Cl)cc2C(C)=O)cc1. The molecule has 0 spiro atoms. The third-order valence-electron chi connectivity index (χ3n) is 2.79. The molecule has 0 unspecified atom stereocenters. The molecule has 0 aliphatic heterocycles. The number of halogens is 3. The maximum atomic E-state index is 13.3. The van der Waals surface area contributed by atoms with Crippen molar-refractivity contribution in [3.05, 3.63) is 42.2 Å². The molecule has 0 atom stereocenters. The first-order valence-electron chi connectivity index (χ1n) is 5.94. The molecule has 2 aromatic rings. The summed E-state index contributed by atoms with van der Waals surface area (Å²) < 4.78 is 17.3. The number of ketones is 1. The highest BCUT2D eigenvalue weighted by atomic mass is 35.5. The number of carbonyl (C=O) groups is 1. The molecule has 0 amide bonds. The number of benzene rings is 1. The molecule has 0 bridgehead atoms. The summed E-state index contributed by atoms with van der Waals surface area (Å²) in [5.74, 6) is 0.579. The van der Waals surface area contributed by atoms with Gasteiger partial charge in [0.2, 0.25) is 0 Å². The average molecular weight is 348 g/mol. The molecule has 1 aromatic heterocycles. The number of rotatable bonds is 5. The van der Waals surface area contributed by atoms with Crippen LogP contribution in [0.15, 0.2) is 36.7 Å². The number of nitrogens with zero attached hydrogens (tertiary/aromatic N) is 1. The molecule has 0 aliphatic rings. The van der Waals surface area contributed by atoms with E-state index in [0.717, 1.165) is 5.56 Å². The number of hydrogen-bond donors (Lipinski definition) is 0. The fourth-order valence-electron chi connectivity index (χ4n) is 1.88. The summed E-state index contributed by atoms with van der Waals surface area (Å²) in [5.41, 5.74) is 1.95. The van der Waals surface area contributed by atoms with Crippen LogP contribution in [0.4, 0.5) is 4.39 Å². The number of alkyl halides is 3. The van der Waals surface area contributed by atoms with Crippen LogP contribution in [0.25, 0.3) is 11.1 Å². The number of carbonyl (C=O) groups excluding carboxylic acids is 1. The van der Waals surface area contributed by atoms with Crippen molar-refractivity contribution in [2.24, 2.45) is 0 Å². The molecule has 0 fully saturated rings. The molecular formula is C14H12Cl2FNO2S. The van der Waals surface area contributed by atoms with E-state index in [-0.39, 0.29) is 5.78 Å². The zero-order valence-electron chi connectivity index (χ0n) is 11.3. The topological polar surface area (TPSA) is 31.2 Å². The molecule has 7 heteroatoms. The number of ether oxygens (including phenoxy) is 1. The van der Waals surface area contributed by atoms with Crippen molar-refractivity contribution < 1.29 is 13.9 Å². The summed E-state index contributed by atoms with van der Waals surface area (Å²) in [4.78, 5) is 11.7. The summed E-state index contributed by atoms with van der Waals surface area (Å²) in [6.45, 7) is 1.45. The molecule has 3 nitrogen and oxygen atoms in total. The molecule has 2 rings (SSSR count). The molecule has 1 aromatic carbocycles. The van der Waals surface area contributed by atoms with Gasteiger partial charge in [-0.15, -0.1) is 0 Å². The first-order valence-corrected chi connectivity index (χ1v) is 7.46. The van der Waals surface area contributed by atoms with E-state index in [1.807, 2.05) is 12.1 Å². The Morgan fingerprint density at radius 3 is 2.38 bits per heavy atom. The van der Waals surface area contributed by atoms with Crippen molar-refractivity contribution >= 4 is 40.9 Å². The third-order valence-corrected chi connectivity index (χ3v) is 3.83. The van der Waals surface area contributed by atoms with Gasteiger partial charge in [0.1, 0.15) is 5.75 Å². The lowest BCUT2D eigenvalue weighted by atomic mass is 10.0. The van der Waals surface area contributed by atoms with Gasteiger partial charge in [0.15, 0.2) is 5.78 Å². The van der Waals surface area contributed by atoms with E-state index in [1.54, 1.807) is 25.4 Å². The summed E-state index contributed by atoms with van der Waals surface area (Å²) in [7, 11) is 1.57. The Balaban J connectivity index is 2.43. The van der Waals surface area contributed by atoms with Crippen molar-refractivity contribution in [1.29, 1.82) is 0 Å². The number of aromatic nitrogens is 1. The predicted octanol–water partition coefficient (Wildman–Crippen LogP) is 4.92. The summed E-state index contributed by atoms with van der Waals surface area (Å²) in [5, 5.41) is 0. The second kappa shape index (κ2) is 6.30. The van der Waals surface area contributed by atoms with Crippen LogP contribution in [0, 0.1) is 0 Å². The molecule has 0 aliphatic carbocycles. The average Bonchev–Trinajstić information content (AvgIpc) is 2.80. The van der Waals surface area contributed by atoms with Crippen LogP contribution in [0.1, 0.15) is 17.3 Å². The van der Waals surface area contributed by atoms with Gasteiger partial charge >= 0.3 is 3.92 Å². The van der Waals surface area contributed by atoms with Gasteiger partial charge in [-0.25, -0.2) is 0 Å². The van der Waals surface area contributed by atoms with Gasteiger partial charge in [0.05, 0.1) is 7.11 Å². The Kier molecular flexibility index (Phi) is 4.86. The highest BCUT2D eigenvalue weighted by Crippen LogP contribution is 2.39. The number of Topliss-reactive ketones (excluding diaryl/α,β-unsaturated/α-hetero) is 1. The molecule has 21 heavy (non-hydrogen) atoms. The highest BCUT2D eigenvalue weighted by Gasteiger charge is 2.25. The largest absolute Gasteiger partial charge is 0.497 e.